The Hall–Kier alpha value is -0.480. The molecular formula is C9H15N3S. The van der Waals surface area contributed by atoms with Gasteiger partial charge in [-0.1, -0.05) is 11.8 Å². The quantitative estimate of drug-likeness (QED) is 0.759. The first-order chi connectivity index (χ1) is 6.34. The average molecular weight is 197 g/mol. The first-order valence-electron chi connectivity index (χ1n) is 4.76. The number of hydrogen-bond donors (Lipinski definition) is 2. The van der Waals surface area contributed by atoms with Gasteiger partial charge < -0.3 is 10.7 Å². The van der Waals surface area contributed by atoms with Gasteiger partial charge in [0.05, 0.1) is 0 Å². The summed E-state index contributed by atoms with van der Waals surface area (Å²) in [6.07, 6.45) is 8.46. The second kappa shape index (κ2) is 4.15. The Labute approximate surface area is 82.5 Å². The number of nitrogens with zero attached hydrogens (tertiary/aromatic N) is 1. The third-order valence-corrected chi connectivity index (χ3v) is 3.72. The molecule has 2 rings (SSSR count). The van der Waals surface area contributed by atoms with Crippen molar-refractivity contribution in [2.24, 2.45) is 5.73 Å². The summed E-state index contributed by atoms with van der Waals surface area (Å²) in [6.45, 7) is 0. The van der Waals surface area contributed by atoms with Gasteiger partial charge in [-0.3, -0.25) is 0 Å². The van der Waals surface area contributed by atoms with Crippen LogP contribution in [0.15, 0.2) is 17.6 Å². The lowest BCUT2D eigenvalue weighted by Crippen LogP contribution is -2.27. The fourth-order valence-electron chi connectivity index (χ4n) is 1.68. The highest BCUT2D eigenvalue weighted by Gasteiger charge is 2.19. The van der Waals surface area contributed by atoms with E-state index in [0.29, 0.717) is 11.3 Å². The fourth-order valence-corrected chi connectivity index (χ4v) is 2.76. The first-order valence-corrected chi connectivity index (χ1v) is 5.64. The van der Waals surface area contributed by atoms with Crippen LogP contribution in [0.1, 0.15) is 25.7 Å². The molecule has 0 amide bonds. The van der Waals surface area contributed by atoms with E-state index in [0.717, 1.165) is 5.16 Å². The van der Waals surface area contributed by atoms with Crippen molar-refractivity contribution in [2.75, 3.05) is 0 Å². The van der Waals surface area contributed by atoms with Crippen LogP contribution in [0.25, 0.3) is 0 Å². The zero-order chi connectivity index (χ0) is 9.10. The van der Waals surface area contributed by atoms with Crippen molar-refractivity contribution >= 4 is 11.8 Å². The van der Waals surface area contributed by atoms with Gasteiger partial charge in [0, 0.05) is 23.7 Å². The molecule has 13 heavy (non-hydrogen) atoms. The SMILES string of the molecule is NC1CCC(Sc2ncc[nH]2)CC1. The van der Waals surface area contributed by atoms with Crippen molar-refractivity contribution in [3.63, 3.8) is 0 Å². The standard InChI is InChI=1S/C9H15N3S/c10-7-1-3-8(4-2-7)13-9-11-5-6-12-9/h5-8H,1-4,10H2,(H,11,12). The minimum absolute atomic E-state index is 0.438. The molecule has 3 N–H and O–H groups in total. The van der Waals surface area contributed by atoms with Crippen LogP contribution in [-0.4, -0.2) is 21.3 Å². The molecule has 1 heterocycles. The van der Waals surface area contributed by atoms with Gasteiger partial charge in [-0.2, -0.15) is 0 Å². The predicted octanol–water partition coefficient (Wildman–Crippen LogP) is 1.77. The van der Waals surface area contributed by atoms with Gasteiger partial charge in [-0.15, -0.1) is 0 Å². The van der Waals surface area contributed by atoms with Crippen LogP contribution < -0.4 is 5.73 Å². The van der Waals surface area contributed by atoms with Crippen LogP contribution in [0, 0.1) is 0 Å². The van der Waals surface area contributed by atoms with Gasteiger partial charge in [0.15, 0.2) is 5.16 Å². The number of rotatable bonds is 2. The highest BCUT2D eigenvalue weighted by atomic mass is 32.2. The monoisotopic (exact) mass is 197 g/mol. The molecule has 0 bridgehead atoms. The van der Waals surface area contributed by atoms with Gasteiger partial charge in [0.25, 0.3) is 0 Å². The maximum absolute atomic E-state index is 5.84. The summed E-state index contributed by atoms with van der Waals surface area (Å²) >= 11 is 1.85. The first kappa shape index (κ1) is 9.09. The van der Waals surface area contributed by atoms with E-state index in [1.165, 1.54) is 25.7 Å². The Balaban J connectivity index is 1.83. The summed E-state index contributed by atoms with van der Waals surface area (Å²) in [4.78, 5) is 7.32. The van der Waals surface area contributed by atoms with E-state index < -0.39 is 0 Å². The molecule has 0 unspecified atom stereocenters. The van der Waals surface area contributed by atoms with Crippen molar-refractivity contribution in [1.29, 1.82) is 0 Å². The average Bonchev–Trinajstić information content (AvgIpc) is 2.62. The maximum atomic E-state index is 5.84. The Morgan fingerprint density at radius 2 is 2.15 bits per heavy atom. The molecule has 4 heteroatoms. The lowest BCUT2D eigenvalue weighted by Gasteiger charge is -2.24. The number of aromatic amines is 1. The van der Waals surface area contributed by atoms with Crippen LogP contribution in [0.2, 0.25) is 0 Å². The number of H-pyrrole nitrogens is 1. The molecule has 1 aromatic rings. The van der Waals surface area contributed by atoms with E-state index in [4.69, 9.17) is 5.73 Å². The van der Waals surface area contributed by atoms with Gasteiger partial charge in [0.1, 0.15) is 0 Å². The zero-order valence-corrected chi connectivity index (χ0v) is 8.39. The summed E-state index contributed by atoms with van der Waals surface area (Å²) in [5.74, 6) is 0. The molecule has 0 aromatic carbocycles. The summed E-state index contributed by atoms with van der Waals surface area (Å²) in [5.41, 5.74) is 5.84. The van der Waals surface area contributed by atoms with E-state index in [-0.39, 0.29) is 0 Å². The lowest BCUT2D eigenvalue weighted by molar-refractivity contribution is 0.450. The zero-order valence-electron chi connectivity index (χ0n) is 7.57. The highest BCUT2D eigenvalue weighted by molar-refractivity contribution is 7.99. The molecule has 1 aromatic heterocycles. The minimum Gasteiger partial charge on any atom is -0.340 e. The molecule has 1 aliphatic rings. The summed E-state index contributed by atoms with van der Waals surface area (Å²) in [6, 6.07) is 0.438. The second-order valence-corrected chi connectivity index (χ2v) is 4.84. The van der Waals surface area contributed by atoms with Crippen LogP contribution in [0.3, 0.4) is 0 Å². The summed E-state index contributed by atoms with van der Waals surface area (Å²) < 4.78 is 0. The maximum Gasteiger partial charge on any atom is 0.165 e. The van der Waals surface area contributed by atoms with E-state index in [1.54, 1.807) is 6.20 Å². The van der Waals surface area contributed by atoms with Crippen LogP contribution in [-0.2, 0) is 0 Å². The number of thioether (sulfide) groups is 1. The lowest BCUT2D eigenvalue weighted by atomic mass is 9.96. The Morgan fingerprint density at radius 3 is 2.77 bits per heavy atom. The van der Waals surface area contributed by atoms with Gasteiger partial charge in [-0.25, -0.2) is 4.98 Å². The molecule has 1 aliphatic carbocycles. The smallest absolute Gasteiger partial charge is 0.165 e. The number of hydrogen-bond acceptors (Lipinski definition) is 3. The fraction of sp³-hybridized carbons (Fsp3) is 0.667. The van der Waals surface area contributed by atoms with Gasteiger partial charge >= 0.3 is 0 Å². The number of nitrogens with one attached hydrogen (secondary N) is 1. The van der Waals surface area contributed by atoms with E-state index in [1.807, 2.05) is 18.0 Å². The van der Waals surface area contributed by atoms with Crippen molar-refractivity contribution in [3.8, 4) is 0 Å². The Morgan fingerprint density at radius 1 is 1.38 bits per heavy atom. The van der Waals surface area contributed by atoms with Crippen molar-refractivity contribution < 1.29 is 0 Å². The van der Waals surface area contributed by atoms with Crippen LogP contribution in [0.5, 0.6) is 0 Å². The second-order valence-electron chi connectivity index (χ2n) is 3.55. The van der Waals surface area contributed by atoms with Crippen molar-refractivity contribution in [2.45, 2.75) is 42.1 Å². The molecule has 1 saturated carbocycles. The molecule has 72 valence electrons. The number of imidazole rings is 1. The van der Waals surface area contributed by atoms with Crippen molar-refractivity contribution in [1.82, 2.24) is 9.97 Å². The highest BCUT2D eigenvalue weighted by Crippen LogP contribution is 2.31. The third-order valence-electron chi connectivity index (χ3n) is 2.47. The van der Waals surface area contributed by atoms with E-state index >= 15 is 0 Å². The van der Waals surface area contributed by atoms with Gasteiger partial charge in [0.2, 0.25) is 0 Å². The molecule has 0 aliphatic heterocycles. The number of nitrogens with two attached hydrogens (primary N) is 1. The molecular weight excluding hydrogens is 182 g/mol. The summed E-state index contributed by atoms with van der Waals surface area (Å²) in [5, 5.41) is 1.76. The molecule has 0 radical (unpaired) electrons. The third kappa shape index (κ3) is 2.48. The molecule has 0 saturated heterocycles. The van der Waals surface area contributed by atoms with Crippen LogP contribution >= 0.6 is 11.8 Å². The number of aromatic nitrogens is 2. The molecule has 3 nitrogen and oxygen atoms in total. The van der Waals surface area contributed by atoms with Crippen LogP contribution in [0.4, 0.5) is 0 Å². The molecule has 0 atom stereocenters. The van der Waals surface area contributed by atoms with Crippen molar-refractivity contribution in [3.05, 3.63) is 12.4 Å². The normalized spacial score (nSPS) is 29.0. The Kier molecular flexibility index (Phi) is 2.90. The minimum atomic E-state index is 0.438. The van der Waals surface area contributed by atoms with E-state index in [2.05, 4.69) is 9.97 Å². The largest absolute Gasteiger partial charge is 0.340 e. The topological polar surface area (TPSA) is 54.7 Å². The predicted molar refractivity (Wildman–Crippen MR) is 54.7 cm³/mol. The Bertz CT molecular complexity index is 239. The van der Waals surface area contributed by atoms with Gasteiger partial charge in [-0.05, 0) is 25.7 Å². The summed E-state index contributed by atoms with van der Waals surface area (Å²) in [7, 11) is 0. The van der Waals surface area contributed by atoms with E-state index in [9.17, 15) is 0 Å². The molecule has 1 fully saturated rings. The molecule has 0 spiro atoms.